The minimum atomic E-state index is 0. The molecule has 0 radical (unpaired) electrons. The van der Waals surface area contributed by atoms with Gasteiger partial charge in [0.05, 0.1) is 0 Å². The van der Waals surface area contributed by atoms with Gasteiger partial charge in [0.25, 0.3) is 0 Å². The van der Waals surface area contributed by atoms with E-state index in [2.05, 4.69) is 0 Å². The Balaban J connectivity index is 0. The zero-order valence-electron chi connectivity index (χ0n) is 3.94. The lowest BCUT2D eigenvalue weighted by Gasteiger charge is -2.05. The van der Waals surface area contributed by atoms with Gasteiger partial charge in [-0.2, -0.15) is 0 Å². The summed E-state index contributed by atoms with van der Waals surface area (Å²) >= 11 is 0. The molecular formula is C4H12IN. The third-order valence-corrected chi connectivity index (χ3v) is 1.000. The van der Waals surface area contributed by atoms with E-state index in [-0.39, 0.29) is 30.1 Å². The Morgan fingerprint density at radius 3 is 0.833 bits per heavy atom. The largest absolute Gasteiger partial charge is 0.344 e. The Morgan fingerprint density at radius 2 is 0.833 bits per heavy atom. The second-order valence-electron chi connectivity index (χ2n) is 1.41. The Bertz CT molecular complexity index is 15.5. The summed E-state index contributed by atoms with van der Waals surface area (Å²) in [5, 5.41) is 0. The fraction of sp³-hybridized carbons (Fsp3) is 1.00. The second kappa shape index (κ2) is 5.69. The van der Waals surface area contributed by atoms with Crippen molar-refractivity contribution in [3.63, 3.8) is 0 Å². The highest BCUT2D eigenvalue weighted by Crippen LogP contribution is 2.15. The minimum absolute atomic E-state index is 0. The normalized spacial score (nSPS) is 16.0. The lowest BCUT2D eigenvalue weighted by Crippen LogP contribution is -1.85. The molecule has 0 bridgehead atoms. The van der Waals surface area contributed by atoms with Crippen LogP contribution in [0.15, 0.2) is 0 Å². The third-order valence-electron chi connectivity index (χ3n) is 1.000. The molecule has 0 aromatic heterocycles. The summed E-state index contributed by atoms with van der Waals surface area (Å²) in [4.78, 5) is 0. The average molecular weight is 201 g/mol. The van der Waals surface area contributed by atoms with E-state index in [0.29, 0.717) is 0 Å². The quantitative estimate of drug-likeness (QED) is 0.599. The number of hydrogen-bond acceptors (Lipinski definition) is 1. The molecule has 1 rings (SSSR count). The molecule has 40 valence electrons. The van der Waals surface area contributed by atoms with Gasteiger partial charge in [0, 0.05) is 0 Å². The first-order valence-electron chi connectivity index (χ1n) is 2.00. The summed E-state index contributed by atoms with van der Waals surface area (Å²) in [6.07, 6.45) is 6.00. The summed E-state index contributed by atoms with van der Waals surface area (Å²) in [5.41, 5.74) is 0. The number of halogens is 1. The van der Waals surface area contributed by atoms with Gasteiger partial charge in [-0.15, -0.1) is 24.0 Å². The summed E-state index contributed by atoms with van der Waals surface area (Å²) in [5.74, 6) is 0. The highest BCUT2D eigenvalue weighted by Gasteiger charge is 1.95. The Kier molecular flexibility index (Phi) is 9.34. The summed E-state index contributed by atoms with van der Waals surface area (Å²) < 4.78 is 0. The van der Waals surface area contributed by atoms with Crippen LogP contribution in [-0.4, -0.2) is 0 Å². The molecule has 1 aliphatic carbocycles. The van der Waals surface area contributed by atoms with Crippen LogP contribution < -0.4 is 6.15 Å². The molecule has 0 saturated heterocycles. The number of hydrogen-bond donors (Lipinski definition) is 1. The Hall–Kier alpha value is 0.690. The van der Waals surface area contributed by atoms with Crippen molar-refractivity contribution in [3.05, 3.63) is 0 Å². The van der Waals surface area contributed by atoms with Crippen LogP contribution in [0, 0.1) is 0 Å². The van der Waals surface area contributed by atoms with Crippen molar-refractivity contribution in [2.24, 2.45) is 0 Å². The topological polar surface area (TPSA) is 35.0 Å². The van der Waals surface area contributed by atoms with Crippen LogP contribution >= 0.6 is 24.0 Å². The van der Waals surface area contributed by atoms with Gasteiger partial charge in [0.2, 0.25) is 0 Å². The third kappa shape index (κ3) is 2.90. The van der Waals surface area contributed by atoms with Gasteiger partial charge in [-0.3, -0.25) is 0 Å². The molecule has 0 heterocycles. The monoisotopic (exact) mass is 201 g/mol. The van der Waals surface area contributed by atoms with Crippen LogP contribution in [-0.2, 0) is 0 Å². The van der Waals surface area contributed by atoms with Crippen molar-refractivity contribution < 1.29 is 0 Å². The van der Waals surface area contributed by atoms with E-state index in [4.69, 9.17) is 0 Å². The van der Waals surface area contributed by atoms with Crippen molar-refractivity contribution in [2.75, 3.05) is 0 Å². The van der Waals surface area contributed by atoms with Gasteiger partial charge < -0.3 is 6.15 Å². The predicted molar refractivity (Wildman–Crippen MR) is 38.9 cm³/mol. The standard InChI is InChI=1S/C4H8.HI.H3N/c1-2-4-3-1;;/h1-4H2;1H;1H3. The van der Waals surface area contributed by atoms with Crippen molar-refractivity contribution >= 4 is 24.0 Å². The molecule has 3 N–H and O–H groups in total. The lowest BCUT2D eigenvalue weighted by atomic mass is 10.0. The van der Waals surface area contributed by atoms with Crippen LogP contribution in [0.4, 0.5) is 0 Å². The molecule has 2 heteroatoms. The first-order valence-corrected chi connectivity index (χ1v) is 2.00. The average Bonchev–Trinajstić information content (AvgIpc) is 0.722. The molecule has 1 saturated carbocycles. The van der Waals surface area contributed by atoms with Gasteiger partial charge in [0.15, 0.2) is 0 Å². The molecule has 0 aromatic rings. The van der Waals surface area contributed by atoms with E-state index >= 15 is 0 Å². The summed E-state index contributed by atoms with van der Waals surface area (Å²) in [6.45, 7) is 0. The highest BCUT2D eigenvalue weighted by molar-refractivity contribution is 14.0. The van der Waals surface area contributed by atoms with Crippen LogP contribution in [0.5, 0.6) is 0 Å². The van der Waals surface area contributed by atoms with E-state index in [9.17, 15) is 0 Å². The van der Waals surface area contributed by atoms with Gasteiger partial charge in [-0.1, -0.05) is 25.7 Å². The predicted octanol–water partition coefficient (Wildman–Crippen LogP) is 2.34. The van der Waals surface area contributed by atoms with Crippen molar-refractivity contribution in [3.8, 4) is 0 Å². The van der Waals surface area contributed by atoms with E-state index in [1.807, 2.05) is 0 Å². The lowest BCUT2D eigenvalue weighted by molar-refractivity contribution is 0.504. The smallest absolute Gasteiger partial charge is 0.0533 e. The summed E-state index contributed by atoms with van der Waals surface area (Å²) in [7, 11) is 0. The number of rotatable bonds is 0. The SMILES string of the molecule is C1CCC1.I.N. The van der Waals surface area contributed by atoms with Gasteiger partial charge >= 0.3 is 0 Å². The van der Waals surface area contributed by atoms with Crippen LogP contribution in [0.25, 0.3) is 0 Å². The minimum Gasteiger partial charge on any atom is -0.344 e. The molecule has 0 aromatic carbocycles. The molecule has 0 aliphatic heterocycles. The molecule has 0 amide bonds. The molecule has 1 fully saturated rings. The van der Waals surface area contributed by atoms with Gasteiger partial charge in [-0.25, -0.2) is 0 Å². The second-order valence-corrected chi connectivity index (χ2v) is 1.41. The maximum atomic E-state index is 1.50. The van der Waals surface area contributed by atoms with E-state index in [0.717, 1.165) is 0 Å². The van der Waals surface area contributed by atoms with Crippen molar-refractivity contribution in [2.45, 2.75) is 25.7 Å². The Labute approximate surface area is 56.1 Å². The zero-order valence-corrected chi connectivity index (χ0v) is 6.27. The van der Waals surface area contributed by atoms with Crippen molar-refractivity contribution in [1.82, 2.24) is 6.15 Å². The molecule has 6 heavy (non-hydrogen) atoms. The highest BCUT2D eigenvalue weighted by atomic mass is 127. The van der Waals surface area contributed by atoms with Crippen LogP contribution in [0.1, 0.15) is 25.7 Å². The fourth-order valence-electron chi connectivity index (χ4n) is 0.250. The van der Waals surface area contributed by atoms with Gasteiger partial charge in [0.1, 0.15) is 0 Å². The maximum Gasteiger partial charge on any atom is -0.0533 e. The first-order chi connectivity index (χ1) is 2.00. The molecule has 0 spiro atoms. The maximum absolute atomic E-state index is 1.50. The molecule has 0 atom stereocenters. The van der Waals surface area contributed by atoms with E-state index < -0.39 is 0 Å². The Morgan fingerprint density at radius 1 is 0.667 bits per heavy atom. The molecule has 1 nitrogen and oxygen atoms in total. The van der Waals surface area contributed by atoms with Gasteiger partial charge in [-0.05, 0) is 0 Å². The molecule has 0 unspecified atom stereocenters. The fourth-order valence-corrected chi connectivity index (χ4v) is 0.250. The molecule has 1 aliphatic rings. The zero-order chi connectivity index (χ0) is 2.83. The molecular weight excluding hydrogens is 189 g/mol. The van der Waals surface area contributed by atoms with Crippen LogP contribution in [0.3, 0.4) is 0 Å². The van der Waals surface area contributed by atoms with Crippen LogP contribution in [0.2, 0.25) is 0 Å². The summed E-state index contributed by atoms with van der Waals surface area (Å²) in [6, 6.07) is 0. The first kappa shape index (κ1) is 9.85. The van der Waals surface area contributed by atoms with Crippen molar-refractivity contribution in [1.29, 1.82) is 0 Å². The van der Waals surface area contributed by atoms with E-state index in [1.54, 1.807) is 0 Å². The van der Waals surface area contributed by atoms with E-state index in [1.165, 1.54) is 25.7 Å².